The minimum absolute atomic E-state index is 0.0178. The lowest BCUT2D eigenvalue weighted by Crippen LogP contribution is -2.51. The third kappa shape index (κ3) is 2.93. The number of aryl methyl sites for hydroxylation is 2. The Hall–Kier alpha value is -0.620. The van der Waals surface area contributed by atoms with Crippen LogP contribution in [-0.2, 0) is 29.5 Å². The topological polar surface area (TPSA) is 39.5 Å². The van der Waals surface area contributed by atoms with Crippen LogP contribution in [0, 0.1) is 0 Å². The number of hydrogen-bond donors (Lipinski definition) is 0. The first kappa shape index (κ1) is 17.2. The zero-order valence-corrected chi connectivity index (χ0v) is 15.4. The summed E-state index contributed by atoms with van der Waals surface area (Å²) in [7, 11) is 5.59. The van der Waals surface area contributed by atoms with Crippen LogP contribution in [0.3, 0.4) is 0 Å². The van der Waals surface area contributed by atoms with E-state index in [-0.39, 0.29) is 5.60 Å². The summed E-state index contributed by atoms with van der Waals surface area (Å²) < 4.78 is 13.4. The fourth-order valence-corrected chi connectivity index (χ4v) is 4.61. The van der Waals surface area contributed by atoms with Gasteiger partial charge >= 0.3 is 0 Å². The maximum absolute atomic E-state index is 6.49. The third-order valence-corrected chi connectivity index (χ3v) is 6.31. The summed E-state index contributed by atoms with van der Waals surface area (Å²) in [5.74, 6) is 0. The Morgan fingerprint density at radius 1 is 1.35 bits per heavy atom. The molecule has 130 valence electrons. The number of rotatable bonds is 5. The first-order valence-electron chi connectivity index (χ1n) is 8.57. The summed E-state index contributed by atoms with van der Waals surface area (Å²) in [4.78, 5) is 2.52. The van der Waals surface area contributed by atoms with Gasteiger partial charge in [0, 0.05) is 46.0 Å². The SMILES string of the molecule is CCc1nn(C)c(Cl)c1CN1CC[C@]2(OC)CC[C@@H](OC)C[C@H]12. The fraction of sp³-hybridized carbons (Fsp3) is 0.824. The van der Waals surface area contributed by atoms with Gasteiger partial charge in [0.1, 0.15) is 5.15 Å². The molecule has 0 bridgehead atoms. The molecule has 1 aliphatic carbocycles. The molecule has 1 saturated carbocycles. The summed E-state index contributed by atoms with van der Waals surface area (Å²) in [6, 6.07) is 0.396. The minimum Gasteiger partial charge on any atom is -0.381 e. The second kappa shape index (κ2) is 6.71. The van der Waals surface area contributed by atoms with E-state index in [1.54, 1.807) is 4.68 Å². The Balaban J connectivity index is 1.83. The highest BCUT2D eigenvalue weighted by Crippen LogP contribution is 2.44. The highest BCUT2D eigenvalue weighted by atomic mass is 35.5. The van der Waals surface area contributed by atoms with Crippen molar-refractivity contribution in [2.24, 2.45) is 7.05 Å². The standard InChI is InChI=1S/C17H28ClN3O2/c1-5-14-13(16(18)20(2)19-14)11-21-9-8-17(23-4)7-6-12(22-3)10-15(17)21/h12,15H,5-11H2,1-4H3/t12-,15+,17-/m1/s1. The van der Waals surface area contributed by atoms with Gasteiger partial charge in [0.25, 0.3) is 0 Å². The van der Waals surface area contributed by atoms with Gasteiger partial charge in [-0.15, -0.1) is 0 Å². The van der Waals surface area contributed by atoms with Crippen LogP contribution in [0.25, 0.3) is 0 Å². The average Bonchev–Trinajstić information content (AvgIpc) is 3.07. The molecule has 6 heteroatoms. The highest BCUT2D eigenvalue weighted by molar-refractivity contribution is 6.30. The molecule has 2 heterocycles. The molecule has 2 aliphatic rings. The first-order chi connectivity index (χ1) is 11.0. The van der Waals surface area contributed by atoms with Crippen LogP contribution >= 0.6 is 11.6 Å². The van der Waals surface area contributed by atoms with Crippen molar-refractivity contribution in [1.29, 1.82) is 0 Å². The van der Waals surface area contributed by atoms with E-state index in [1.165, 1.54) is 5.56 Å². The fourth-order valence-electron chi connectivity index (χ4n) is 4.40. The molecule has 3 atom stereocenters. The smallest absolute Gasteiger partial charge is 0.131 e. The maximum Gasteiger partial charge on any atom is 0.131 e. The van der Waals surface area contributed by atoms with Gasteiger partial charge in [-0.3, -0.25) is 9.58 Å². The van der Waals surface area contributed by atoms with Crippen molar-refractivity contribution < 1.29 is 9.47 Å². The summed E-state index contributed by atoms with van der Waals surface area (Å²) in [5.41, 5.74) is 2.26. The van der Waals surface area contributed by atoms with Crippen LogP contribution in [0.1, 0.15) is 43.9 Å². The molecule has 0 unspecified atom stereocenters. The molecule has 5 nitrogen and oxygen atoms in total. The number of nitrogens with zero attached hydrogens (tertiary/aromatic N) is 3. The number of ether oxygens (including phenoxy) is 2. The predicted octanol–water partition coefficient (Wildman–Crippen LogP) is 2.79. The van der Waals surface area contributed by atoms with Crippen molar-refractivity contribution in [3.63, 3.8) is 0 Å². The molecule has 0 aromatic carbocycles. The molecule has 23 heavy (non-hydrogen) atoms. The van der Waals surface area contributed by atoms with Gasteiger partial charge < -0.3 is 9.47 Å². The normalized spacial score (nSPS) is 31.5. The summed E-state index contributed by atoms with van der Waals surface area (Å²) in [6.45, 7) is 4.03. The van der Waals surface area contributed by atoms with Crippen molar-refractivity contribution in [1.82, 2.24) is 14.7 Å². The van der Waals surface area contributed by atoms with Crippen molar-refractivity contribution in [3.05, 3.63) is 16.4 Å². The Bertz CT molecular complexity index is 562. The number of halogens is 1. The first-order valence-corrected chi connectivity index (χ1v) is 8.94. The van der Waals surface area contributed by atoms with E-state index in [2.05, 4.69) is 16.9 Å². The van der Waals surface area contributed by atoms with Crippen LogP contribution in [0.2, 0.25) is 5.15 Å². The molecular formula is C17H28ClN3O2. The number of methoxy groups -OCH3 is 2. The van der Waals surface area contributed by atoms with E-state index in [4.69, 9.17) is 21.1 Å². The van der Waals surface area contributed by atoms with E-state index in [0.29, 0.717) is 12.1 Å². The van der Waals surface area contributed by atoms with E-state index >= 15 is 0 Å². The van der Waals surface area contributed by atoms with Gasteiger partial charge in [-0.25, -0.2) is 0 Å². The third-order valence-electron chi connectivity index (χ3n) is 5.83. The monoisotopic (exact) mass is 341 g/mol. The quantitative estimate of drug-likeness (QED) is 0.825. The van der Waals surface area contributed by atoms with Gasteiger partial charge in [-0.2, -0.15) is 5.10 Å². The van der Waals surface area contributed by atoms with Crippen LogP contribution in [0.5, 0.6) is 0 Å². The number of aromatic nitrogens is 2. The van der Waals surface area contributed by atoms with Crippen LogP contribution in [0.15, 0.2) is 0 Å². The predicted molar refractivity (Wildman–Crippen MR) is 90.8 cm³/mol. The Kier molecular flexibility index (Phi) is 5.02. The summed E-state index contributed by atoms with van der Waals surface area (Å²) in [6.07, 6.45) is 5.52. The number of hydrogen-bond acceptors (Lipinski definition) is 4. The van der Waals surface area contributed by atoms with Gasteiger partial charge in [0.15, 0.2) is 0 Å². The Morgan fingerprint density at radius 2 is 2.13 bits per heavy atom. The maximum atomic E-state index is 6.49. The second-order valence-electron chi connectivity index (χ2n) is 6.83. The van der Waals surface area contributed by atoms with Crippen LogP contribution in [0.4, 0.5) is 0 Å². The molecule has 0 spiro atoms. The van der Waals surface area contributed by atoms with Crippen molar-refractivity contribution in [2.45, 2.75) is 63.3 Å². The summed E-state index contributed by atoms with van der Waals surface area (Å²) >= 11 is 6.49. The van der Waals surface area contributed by atoms with Gasteiger partial charge in [-0.1, -0.05) is 18.5 Å². The molecule has 1 aromatic heterocycles. The van der Waals surface area contributed by atoms with Gasteiger partial charge in [-0.05, 0) is 32.1 Å². The minimum atomic E-state index is -0.0178. The zero-order chi connectivity index (χ0) is 16.6. The average molecular weight is 342 g/mol. The molecule has 3 rings (SSSR count). The van der Waals surface area contributed by atoms with Gasteiger partial charge in [0.2, 0.25) is 0 Å². The van der Waals surface area contributed by atoms with Crippen molar-refractivity contribution in [2.75, 3.05) is 20.8 Å². The lowest BCUT2D eigenvalue weighted by Gasteiger charge is -2.43. The van der Waals surface area contributed by atoms with Crippen LogP contribution in [-0.4, -0.2) is 53.2 Å². The molecule has 1 aliphatic heterocycles. The number of likely N-dealkylation sites (tertiary alicyclic amines) is 1. The molecular weight excluding hydrogens is 314 g/mol. The van der Waals surface area contributed by atoms with Gasteiger partial charge in [0.05, 0.1) is 17.4 Å². The van der Waals surface area contributed by atoms with E-state index in [9.17, 15) is 0 Å². The zero-order valence-electron chi connectivity index (χ0n) is 14.6. The molecule has 0 radical (unpaired) electrons. The molecule has 2 fully saturated rings. The summed E-state index contributed by atoms with van der Waals surface area (Å²) in [5, 5.41) is 5.31. The molecule has 0 N–H and O–H groups in total. The van der Waals surface area contributed by atoms with E-state index in [1.807, 2.05) is 21.3 Å². The van der Waals surface area contributed by atoms with E-state index in [0.717, 1.165) is 56.0 Å². The van der Waals surface area contributed by atoms with Crippen LogP contribution < -0.4 is 0 Å². The lowest BCUT2D eigenvalue weighted by molar-refractivity contribution is -0.0947. The molecule has 1 saturated heterocycles. The largest absolute Gasteiger partial charge is 0.381 e. The van der Waals surface area contributed by atoms with Crippen molar-refractivity contribution >= 4 is 11.6 Å². The number of fused-ring (bicyclic) bond motifs is 1. The highest BCUT2D eigenvalue weighted by Gasteiger charge is 2.51. The van der Waals surface area contributed by atoms with E-state index < -0.39 is 0 Å². The Morgan fingerprint density at radius 3 is 2.78 bits per heavy atom. The second-order valence-corrected chi connectivity index (χ2v) is 7.19. The molecule has 0 amide bonds. The van der Waals surface area contributed by atoms with Crippen molar-refractivity contribution in [3.8, 4) is 0 Å². The molecule has 1 aromatic rings. The Labute approximate surface area is 143 Å². The lowest BCUT2D eigenvalue weighted by atomic mass is 9.79.